The molecule has 0 bridgehead atoms. The summed E-state index contributed by atoms with van der Waals surface area (Å²) >= 11 is 0. The zero-order chi connectivity index (χ0) is 18.8. The Morgan fingerprint density at radius 1 is 1.15 bits per heavy atom. The van der Waals surface area contributed by atoms with E-state index in [4.69, 9.17) is 4.74 Å². The van der Waals surface area contributed by atoms with E-state index < -0.39 is 5.82 Å². The fraction of sp³-hybridized carbons (Fsp3) is 0.421. The van der Waals surface area contributed by atoms with Gasteiger partial charge in [0.15, 0.2) is 11.6 Å². The number of piperazine rings is 1. The van der Waals surface area contributed by atoms with Crippen LogP contribution in [0.4, 0.5) is 10.2 Å². The number of ether oxygens (including phenoxy) is 1. The number of carbonyl (C=O) groups is 1. The number of hydrogen-bond acceptors (Lipinski definition) is 6. The fourth-order valence-electron chi connectivity index (χ4n) is 3.71. The molecule has 1 N–H and O–H groups in total. The van der Waals surface area contributed by atoms with Crippen LogP contribution in [0.3, 0.4) is 0 Å². The molecule has 2 fully saturated rings. The van der Waals surface area contributed by atoms with E-state index in [1.165, 1.54) is 6.33 Å². The second-order valence-corrected chi connectivity index (χ2v) is 6.71. The van der Waals surface area contributed by atoms with Gasteiger partial charge >= 0.3 is 0 Å². The number of benzene rings is 1. The molecule has 2 aliphatic rings. The fourth-order valence-corrected chi connectivity index (χ4v) is 3.71. The van der Waals surface area contributed by atoms with Crippen LogP contribution in [0.15, 0.2) is 30.6 Å². The number of methoxy groups -OCH3 is 1. The summed E-state index contributed by atoms with van der Waals surface area (Å²) in [5, 5.41) is 2.87. The molecule has 27 heavy (non-hydrogen) atoms. The van der Waals surface area contributed by atoms with E-state index in [2.05, 4.69) is 20.2 Å². The minimum atomic E-state index is -0.422. The smallest absolute Gasteiger partial charge is 0.237 e. The average molecular weight is 371 g/mol. The van der Waals surface area contributed by atoms with Gasteiger partial charge in [-0.05, 0) is 30.7 Å². The van der Waals surface area contributed by atoms with E-state index in [1.54, 1.807) is 31.4 Å². The molecule has 8 heteroatoms. The first-order chi connectivity index (χ1) is 13.2. The second-order valence-electron chi connectivity index (χ2n) is 6.71. The Kier molecular flexibility index (Phi) is 4.89. The normalized spacial score (nSPS) is 20.6. The molecule has 142 valence electrons. The lowest BCUT2D eigenvalue weighted by Crippen LogP contribution is -2.52. The maximum atomic E-state index is 15.1. The van der Waals surface area contributed by atoms with E-state index in [1.807, 2.05) is 4.90 Å². The van der Waals surface area contributed by atoms with Gasteiger partial charge in [-0.2, -0.15) is 0 Å². The van der Waals surface area contributed by atoms with Crippen LogP contribution >= 0.6 is 0 Å². The molecule has 1 aromatic heterocycles. The second kappa shape index (κ2) is 7.48. The Labute approximate surface area is 157 Å². The molecule has 0 radical (unpaired) electrons. The highest BCUT2D eigenvalue weighted by Crippen LogP contribution is 2.28. The average Bonchev–Trinajstić information content (AvgIpc) is 3.14. The molecule has 2 saturated heterocycles. The van der Waals surface area contributed by atoms with Crippen LogP contribution in [-0.4, -0.2) is 66.7 Å². The highest BCUT2D eigenvalue weighted by molar-refractivity contribution is 5.83. The number of amides is 1. The highest BCUT2D eigenvalue weighted by atomic mass is 19.1. The number of carbonyl (C=O) groups excluding carboxylic acids is 1. The van der Waals surface area contributed by atoms with Crippen molar-refractivity contribution in [3.63, 3.8) is 0 Å². The Morgan fingerprint density at radius 3 is 2.52 bits per heavy atom. The van der Waals surface area contributed by atoms with Gasteiger partial charge in [-0.1, -0.05) is 0 Å². The van der Waals surface area contributed by atoms with Crippen LogP contribution in [0.5, 0.6) is 5.75 Å². The topological polar surface area (TPSA) is 70.6 Å². The zero-order valence-electron chi connectivity index (χ0n) is 15.2. The number of nitrogens with zero attached hydrogens (tertiary/aromatic N) is 4. The largest absolute Gasteiger partial charge is 0.497 e. The first kappa shape index (κ1) is 17.7. The van der Waals surface area contributed by atoms with Crippen molar-refractivity contribution in [1.29, 1.82) is 0 Å². The number of nitrogens with one attached hydrogen (secondary N) is 1. The number of anilines is 1. The molecule has 0 spiro atoms. The summed E-state index contributed by atoms with van der Waals surface area (Å²) in [6, 6.07) is 7.07. The van der Waals surface area contributed by atoms with E-state index in [9.17, 15) is 4.79 Å². The molecule has 1 amide bonds. The molecule has 2 aromatic rings. The number of hydrogen-bond donors (Lipinski definition) is 1. The van der Waals surface area contributed by atoms with E-state index >= 15 is 4.39 Å². The lowest BCUT2D eigenvalue weighted by molar-refractivity contribution is -0.123. The molecular weight excluding hydrogens is 349 g/mol. The number of halogens is 1. The Hall–Kier alpha value is -2.74. The molecular formula is C19H22FN5O2. The third-order valence-electron chi connectivity index (χ3n) is 5.21. The Bertz CT molecular complexity index is 821. The van der Waals surface area contributed by atoms with Crippen molar-refractivity contribution in [2.24, 2.45) is 0 Å². The van der Waals surface area contributed by atoms with Gasteiger partial charge < -0.3 is 15.0 Å². The quantitative estimate of drug-likeness (QED) is 0.874. The van der Waals surface area contributed by atoms with Gasteiger partial charge in [0.2, 0.25) is 5.91 Å². The summed E-state index contributed by atoms with van der Waals surface area (Å²) in [4.78, 5) is 24.3. The third-order valence-corrected chi connectivity index (χ3v) is 5.21. The monoisotopic (exact) mass is 371 g/mol. The van der Waals surface area contributed by atoms with E-state index in [0.29, 0.717) is 43.3 Å². The molecule has 1 unspecified atom stereocenters. The summed E-state index contributed by atoms with van der Waals surface area (Å²) in [5.41, 5.74) is 0.957. The van der Waals surface area contributed by atoms with Crippen LogP contribution in [0.1, 0.15) is 6.42 Å². The van der Waals surface area contributed by atoms with Crippen LogP contribution in [0, 0.1) is 5.82 Å². The Morgan fingerprint density at radius 2 is 1.89 bits per heavy atom. The molecule has 2 aliphatic heterocycles. The lowest BCUT2D eigenvalue weighted by Gasteiger charge is -2.37. The van der Waals surface area contributed by atoms with Gasteiger partial charge in [0, 0.05) is 38.3 Å². The van der Waals surface area contributed by atoms with Crippen molar-refractivity contribution in [2.45, 2.75) is 12.5 Å². The van der Waals surface area contributed by atoms with Gasteiger partial charge in [-0.25, -0.2) is 14.4 Å². The van der Waals surface area contributed by atoms with Crippen LogP contribution < -0.4 is 15.0 Å². The molecule has 1 atom stereocenters. The van der Waals surface area contributed by atoms with Crippen molar-refractivity contribution in [1.82, 2.24) is 20.2 Å². The molecule has 4 rings (SSSR count). The highest BCUT2D eigenvalue weighted by Gasteiger charge is 2.33. The summed E-state index contributed by atoms with van der Waals surface area (Å²) < 4.78 is 20.3. The first-order valence-electron chi connectivity index (χ1n) is 9.09. The van der Waals surface area contributed by atoms with Crippen LogP contribution in [0.25, 0.3) is 11.3 Å². The minimum absolute atomic E-state index is 0.0581. The summed E-state index contributed by atoms with van der Waals surface area (Å²) in [6.45, 7) is 3.40. The summed E-state index contributed by atoms with van der Waals surface area (Å²) in [5.74, 6) is 0.694. The third kappa shape index (κ3) is 3.44. The first-order valence-corrected chi connectivity index (χ1v) is 9.09. The van der Waals surface area contributed by atoms with E-state index in [0.717, 1.165) is 13.0 Å². The van der Waals surface area contributed by atoms with Crippen LogP contribution in [-0.2, 0) is 4.79 Å². The SMILES string of the molecule is COc1ccc(-c2ncnc(N3CCN(C4CCNC4=O)CC3)c2F)cc1. The molecule has 1 aromatic carbocycles. The maximum Gasteiger partial charge on any atom is 0.237 e. The van der Waals surface area contributed by atoms with Crippen molar-refractivity contribution < 1.29 is 13.9 Å². The molecule has 3 heterocycles. The van der Waals surface area contributed by atoms with E-state index in [-0.39, 0.29) is 17.6 Å². The molecule has 0 aliphatic carbocycles. The van der Waals surface area contributed by atoms with Gasteiger partial charge in [-0.3, -0.25) is 9.69 Å². The standard InChI is InChI=1S/C19H22FN5O2/c1-27-14-4-2-13(3-5-14)17-16(20)18(23-12-22-17)25-10-8-24(9-11-25)15-6-7-21-19(15)26/h2-5,12,15H,6-11H2,1H3,(H,21,26). The van der Waals surface area contributed by atoms with Crippen LogP contribution in [0.2, 0.25) is 0 Å². The van der Waals surface area contributed by atoms with Crippen molar-refractivity contribution in [3.05, 3.63) is 36.4 Å². The lowest BCUT2D eigenvalue weighted by atomic mass is 10.1. The summed E-state index contributed by atoms with van der Waals surface area (Å²) in [6.07, 6.45) is 2.23. The molecule has 7 nitrogen and oxygen atoms in total. The van der Waals surface area contributed by atoms with Gasteiger partial charge in [0.25, 0.3) is 0 Å². The van der Waals surface area contributed by atoms with Gasteiger partial charge in [0.05, 0.1) is 13.2 Å². The van der Waals surface area contributed by atoms with Crippen molar-refractivity contribution >= 4 is 11.7 Å². The number of rotatable bonds is 4. The number of aromatic nitrogens is 2. The van der Waals surface area contributed by atoms with Gasteiger partial charge in [-0.15, -0.1) is 0 Å². The van der Waals surface area contributed by atoms with Crippen molar-refractivity contribution in [3.8, 4) is 17.0 Å². The van der Waals surface area contributed by atoms with Gasteiger partial charge in [0.1, 0.15) is 17.8 Å². The summed E-state index contributed by atoms with van der Waals surface area (Å²) in [7, 11) is 1.59. The minimum Gasteiger partial charge on any atom is -0.497 e. The Balaban J connectivity index is 1.50. The van der Waals surface area contributed by atoms with Crippen molar-refractivity contribution in [2.75, 3.05) is 44.7 Å². The zero-order valence-corrected chi connectivity index (χ0v) is 15.2. The predicted octanol–water partition coefficient (Wildman–Crippen LogP) is 1.30. The maximum absolute atomic E-state index is 15.1. The molecule has 0 saturated carbocycles. The predicted molar refractivity (Wildman–Crippen MR) is 99.2 cm³/mol.